The number of nitrogens with zero attached hydrogens (tertiary/aromatic N) is 5. The summed E-state index contributed by atoms with van der Waals surface area (Å²) >= 11 is 2.68. The van der Waals surface area contributed by atoms with E-state index in [1.165, 1.54) is 23.1 Å². The van der Waals surface area contributed by atoms with Gasteiger partial charge in [-0.15, -0.1) is 10.2 Å². The standard InChI is InChI=1S/C23H22N6O2S2/c1-3-11-29-17-8-6-5-7-15(17)20-21(29)26-23(28-27-20)32-13-19(30)25-22-24-16-10-9-14(31-4-2)12-18(16)33-22/h5-10,12H,3-4,11,13H2,1-2H3,(H,24,25,30). The first-order valence-corrected chi connectivity index (χ1v) is 12.5. The summed E-state index contributed by atoms with van der Waals surface area (Å²) < 4.78 is 8.66. The number of benzene rings is 2. The molecule has 0 fully saturated rings. The number of carbonyl (C=O) groups is 1. The average Bonchev–Trinajstić information content (AvgIpc) is 3.36. The van der Waals surface area contributed by atoms with Gasteiger partial charge in [0.2, 0.25) is 11.1 Å². The van der Waals surface area contributed by atoms with E-state index in [0.717, 1.165) is 51.0 Å². The second-order valence-electron chi connectivity index (χ2n) is 7.35. The first kappa shape index (κ1) is 21.6. The maximum absolute atomic E-state index is 12.5. The van der Waals surface area contributed by atoms with Gasteiger partial charge in [0.25, 0.3) is 0 Å². The van der Waals surface area contributed by atoms with Crippen LogP contribution in [0.3, 0.4) is 0 Å². The summed E-state index contributed by atoms with van der Waals surface area (Å²) in [7, 11) is 0. The van der Waals surface area contributed by atoms with Gasteiger partial charge in [0.1, 0.15) is 11.3 Å². The molecular weight excluding hydrogens is 456 g/mol. The van der Waals surface area contributed by atoms with Crippen molar-refractivity contribution in [2.75, 3.05) is 17.7 Å². The van der Waals surface area contributed by atoms with Crippen molar-refractivity contribution in [2.45, 2.75) is 32.0 Å². The van der Waals surface area contributed by atoms with E-state index in [9.17, 15) is 4.79 Å². The third kappa shape index (κ3) is 4.36. The number of thioether (sulfide) groups is 1. The number of amides is 1. The molecule has 5 rings (SSSR count). The van der Waals surface area contributed by atoms with Crippen LogP contribution in [0.15, 0.2) is 47.6 Å². The zero-order chi connectivity index (χ0) is 22.8. The minimum absolute atomic E-state index is 0.165. The van der Waals surface area contributed by atoms with Gasteiger partial charge in [0.05, 0.1) is 28.1 Å². The molecule has 0 bridgehead atoms. The molecule has 0 aliphatic carbocycles. The Balaban J connectivity index is 1.31. The predicted octanol–water partition coefficient (Wildman–Crippen LogP) is 5.13. The summed E-state index contributed by atoms with van der Waals surface area (Å²) in [6.07, 6.45) is 0.983. The number of hydrogen-bond acceptors (Lipinski definition) is 8. The molecule has 0 spiro atoms. The van der Waals surface area contributed by atoms with E-state index in [4.69, 9.17) is 9.72 Å². The maximum Gasteiger partial charge on any atom is 0.236 e. The Labute approximate surface area is 198 Å². The second-order valence-corrected chi connectivity index (χ2v) is 9.33. The zero-order valence-corrected chi connectivity index (χ0v) is 19.9. The van der Waals surface area contributed by atoms with Crippen LogP contribution in [-0.2, 0) is 11.3 Å². The lowest BCUT2D eigenvalue weighted by molar-refractivity contribution is -0.113. The van der Waals surface area contributed by atoms with Crippen molar-refractivity contribution in [3.05, 3.63) is 42.5 Å². The van der Waals surface area contributed by atoms with Gasteiger partial charge >= 0.3 is 0 Å². The summed E-state index contributed by atoms with van der Waals surface area (Å²) in [6.45, 7) is 5.53. The van der Waals surface area contributed by atoms with E-state index in [1.54, 1.807) is 0 Å². The Morgan fingerprint density at radius 1 is 1.15 bits per heavy atom. The Morgan fingerprint density at radius 2 is 2.03 bits per heavy atom. The predicted molar refractivity (Wildman–Crippen MR) is 133 cm³/mol. The lowest BCUT2D eigenvalue weighted by Crippen LogP contribution is -2.14. The topological polar surface area (TPSA) is 94.8 Å². The fourth-order valence-corrected chi connectivity index (χ4v) is 5.19. The number of aryl methyl sites for hydroxylation is 1. The van der Waals surface area contributed by atoms with Crippen molar-refractivity contribution in [2.24, 2.45) is 0 Å². The van der Waals surface area contributed by atoms with Gasteiger partial charge in [0, 0.05) is 11.9 Å². The third-order valence-electron chi connectivity index (χ3n) is 5.05. The summed E-state index contributed by atoms with van der Waals surface area (Å²) in [6, 6.07) is 13.8. The molecule has 1 amide bonds. The maximum atomic E-state index is 12.5. The van der Waals surface area contributed by atoms with Gasteiger partial charge in [0.15, 0.2) is 10.8 Å². The summed E-state index contributed by atoms with van der Waals surface area (Å²) in [5, 5.41) is 13.6. The first-order valence-electron chi connectivity index (χ1n) is 10.7. The molecule has 0 unspecified atom stereocenters. The van der Waals surface area contributed by atoms with Gasteiger partial charge in [-0.05, 0) is 37.6 Å². The SMILES string of the molecule is CCCn1c2ccccc2c2nnc(SCC(=O)Nc3nc4ccc(OCC)cc4s3)nc21. The monoisotopic (exact) mass is 478 g/mol. The van der Waals surface area contributed by atoms with Crippen molar-refractivity contribution >= 4 is 66.4 Å². The number of aromatic nitrogens is 5. The molecule has 0 aliphatic heterocycles. The van der Waals surface area contributed by atoms with Gasteiger partial charge in [-0.25, -0.2) is 9.97 Å². The highest BCUT2D eigenvalue weighted by molar-refractivity contribution is 7.99. The Hall–Kier alpha value is -3.24. The molecule has 8 nitrogen and oxygen atoms in total. The molecule has 1 N–H and O–H groups in total. The van der Waals surface area contributed by atoms with Crippen molar-refractivity contribution in [1.82, 2.24) is 24.7 Å². The number of ether oxygens (including phenoxy) is 1. The summed E-state index contributed by atoms with van der Waals surface area (Å²) in [5.74, 6) is 0.797. The number of carbonyl (C=O) groups excluding carboxylic acids is 1. The molecule has 0 radical (unpaired) electrons. The molecule has 168 valence electrons. The Bertz CT molecular complexity index is 1460. The molecule has 10 heteroatoms. The number of rotatable bonds is 8. The van der Waals surface area contributed by atoms with Crippen LogP contribution in [0.2, 0.25) is 0 Å². The first-order chi connectivity index (χ1) is 16.2. The average molecular weight is 479 g/mol. The molecular formula is C23H22N6O2S2. The molecule has 0 saturated carbocycles. The van der Waals surface area contributed by atoms with Crippen LogP contribution in [0.1, 0.15) is 20.3 Å². The van der Waals surface area contributed by atoms with E-state index < -0.39 is 0 Å². The van der Waals surface area contributed by atoms with E-state index in [0.29, 0.717) is 16.9 Å². The molecule has 3 aromatic heterocycles. The second kappa shape index (κ2) is 9.32. The van der Waals surface area contributed by atoms with Crippen LogP contribution in [0, 0.1) is 0 Å². The van der Waals surface area contributed by atoms with Gasteiger partial charge < -0.3 is 14.6 Å². The largest absolute Gasteiger partial charge is 0.494 e. The minimum Gasteiger partial charge on any atom is -0.494 e. The van der Waals surface area contributed by atoms with Gasteiger partial charge in [-0.2, -0.15) is 0 Å². The third-order valence-corrected chi connectivity index (χ3v) is 6.82. The van der Waals surface area contributed by atoms with Crippen molar-refractivity contribution in [3.8, 4) is 5.75 Å². The smallest absolute Gasteiger partial charge is 0.236 e. The lowest BCUT2D eigenvalue weighted by Gasteiger charge is -2.04. The number of thiazole rings is 1. The normalized spacial score (nSPS) is 11.5. The number of anilines is 1. The van der Waals surface area contributed by atoms with Crippen LogP contribution in [0.25, 0.3) is 32.3 Å². The highest BCUT2D eigenvalue weighted by Gasteiger charge is 2.15. The highest BCUT2D eigenvalue weighted by atomic mass is 32.2. The number of hydrogen-bond donors (Lipinski definition) is 1. The van der Waals surface area contributed by atoms with E-state index in [2.05, 4.69) is 38.1 Å². The zero-order valence-electron chi connectivity index (χ0n) is 18.2. The minimum atomic E-state index is -0.165. The summed E-state index contributed by atoms with van der Waals surface area (Å²) in [4.78, 5) is 21.7. The van der Waals surface area contributed by atoms with Crippen LogP contribution in [-0.4, -0.2) is 43.0 Å². The molecule has 0 atom stereocenters. The fourth-order valence-electron chi connectivity index (χ4n) is 3.70. The Morgan fingerprint density at radius 3 is 2.88 bits per heavy atom. The van der Waals surface area contributed by atoms with Gasteiger partial charge in [-0.1, -0.05) is 48.2 Å². The van der Waals surface area contributed by atoms with Crippen LogP contribution < -0.4 is 10.1 Å². The van der Waals surface area contributed by atoms with Crippen LogP contribution >= 0.6 is 23.1 Å². The molecule has 0 saturated heterocycles. The Kier molecular flexibility index (Phi) is 6.10. The number of fused-ring (bicyclic) bond motifs is 4. The molecule has 3 heterocycles. The quantitative estimate of drug-likeness (QED) is 0.309. The van der Waals surface area contributed by atoms with E-state index >= 15 is 0 Å². The van der Waals surface area contributed by atoms with E-state index in [-0.39, 0.29) is 11.7 Å². The molecule has 33 heavy (non-hydrogen) atoms. The fraction of sp³-hybridized carbons (Fsp3) is 0.261. The summed E-state index contributed by atoms with van der Waals surface area (Å²) in [5.41, 5.74) is 3.51. The number of para-hydroxylation sites is 1. The van der Waals surface area contributed by atoms with E-state index in [1.807, 2.05) is 43.3 Å². The molecule has 2 aromatic carbocycles. The molecule has 0 aliphatic rings. The van der Waals surface area contributed by atoms with Crippen molar-refractivity contribution in [3.63, 3.8) is 0 Å². The number of nitrogens with one attached hydrogen (secondary N) is 1. The highest BCUT2D eigenvalue weighted by Crippen LogP contribution is 2.30. The van der Waals surface area contributed by atoms with Gasteiger partial charge in [-0.3, -0.25) is 4.79 Å². The van der Waals surface area contributed by atoms with Crippen LogP contribution in [0.4, 0.5) is 5.13 Å². The van der Waals surface area contributed by atoms with Crippen molar-refractivity contribution < 1.29 is 9.53 Å². The van der Waals surface area contributed by atoms with Crippen molar-refractivity contribution in [1.29, 1.82) is 0 Å². The molecule has 5 aromatic rings. The van der Waals surface area contributed by atoms with Crippen LogP contribution in [0.5, 0.6) is 5.75 Å². The lowest BCUT2D eigenvalue weighted by atomic mass is 10.2.